The molecule has 2 aliphatic heterocycles. The quantitative estimate of drug-likeness (QED) is 0.674. The fourth-order valence-corrected chi connectivity index (χ4v) is 4.39. The molecule has 1 fully saturated rings. The Kier molecular flexibility index (Phi) is 4.39. The molecule has 1 aromatic carbocycles. The highest BCUT2D eigenvalue weighted by Gasteiger charge is 2.43. The van der Waals surface area contributed by atoms with Crippen LogP contribution in [0.4, 0.5) is 0 Å². The van der Waals surface area contributed by atoms with Crippen LogP contribution in [0.25, 0.3) is 5.69 Å². The number of para-hydroxylation sites is 1. The number of fused-ring (bicyclic) bond motifs is 2. The van der Waals surface area contributed by atoms with E-state index in [1.165, 1.54) is 5.56 Å². The fourth-order valence-electron chi connectivity index (χ4n) is 4.39. The van der Waals surface area contributed by atoms with Crippen molar-refractivity contribution >= 4 is 5.91 Å². The van der Waals surface area contributed by atoms with Crippen LogP contribution < -0.4 is 0 Å². The number of carbonyl (C=O) groups is 1. The second-order valence-corrected chi connectivity index (χ2v) is 7.64. The van der Waals surface area contributed by atoms with Crippen molar-refractivity contribution in [1.82, 2.24) is 24.6 Å². The van der Waals surface area contributed by atoms with Gasteiger partial charge in [-0.3, -0.25) is 4.79 Å². The zero-order chi connectivity index (χ0) is 19.8. The van der Waals surface area contributed by atoms with E-state index in [1.54, 1.807) is 10.9 Å². The lowest BCUT2D eigenvalue weighted by Crippen LogP contribution is -2.49. The van der Waals surface area contributed by atoms with Crippen LogP contribution in [0.15, 0.2) is 48.9 Å². The molecule has 7 nitrogen and oxygen atoms in total. The number of aryl methyl sites for hydroxylation is 1. The molecule has 4 heterocycles. The molecule has 0 atom stereocenters. The van der Waals surface area contributed by atoms with Crippen LogP contribution >= 0.6 is 0 Å². The summed E-state index contributed by atoms with van der Waals surface area (Å²) in [7, 11) is 0. The average molecular weight is 389 g/mol. The van der Waals surface area contributed by atoms with Gasteiger partial charge in [-0.15, -0.1) is 0 Å². The molecule has 0 N–H and O–H groups in total. The molecule has 1 saturated heterocycles. The van der Waals surface area contributed by atoms with Crippen molar-refractivity contribution in [2.45, 2.75) is 31.8 Å². The number of ether oxygens (including phenoxy) is 1. The van der Waals surface area contributed by atoms with E-state index in [2.05, 4.69) is 10.1 Å². The number of nitrogens with zero attached hydrogens (tertiary/aromatic N) is 5. The van der Waals surface area contributed by atoms with Crippen LogP contribution in [0.3, 0.4) is 0 Å². The van der Waals surface area contributed by atoms with Crippen LogP contribution in [0.2, 0.25) is 0 Å². The normalized spacial score (nSPS) is 17.9. The second-order valence-electron chi connectivity index (χ2n) is 7.64. The number of aromatic nitrogens is 4. The maximum Gasteiger partial charge on any atom is 0.256 e. The van der Waals surface area contributed by atoms with Crippen molar-refractivity contribution in [1.29, 1.82) is 0 Å². The first-order valence-corrected chi connectivity index (χ1v) is 10.0. The van der Waals surface area contributed by atoms with Crippen molar-refractivity contribution in [2.75, 3.05) is 19.7 Å². The van der Waals surface area contributed by atoms with Gasteiger partial charge in [-0.05, 0) is 49.9 Å². The summed E-state index contributed by atoms with van der Waals surface area (Å²) in [5, 5.41) is 4.29. The smallest absolute Gasteiger partial charge is 0.256 e. The molecule has 0 aliphatic carbocycles. The largest absolute Gasteiger partial charge is 0.368 e. The Morgan fingerprint density at radius 2 is 2.00 bits per heavy atom. The second kappa shape index (κ2) is 7.08. The highest BCUT2D eigenvalue weighted by molar-refractivity contribution is 5.97. The van der Waals surface area contributed by atoms with Gasteiger partial charge in [-0.25, -0.2) is 14.6 Å². The average Bonchev–Trinajstić information content (AvgIpc) is 3.29. The van der Waals surface area contributed by atoms with E-state index < -0.39 is 5.60 Å². The molecule has 1 amide bonds. The highest BCUT2D eigenvalue weighted by Crippen LogP contribution is 2.40. The Labute approximate surface area is 169 Å². The van der Waals surface area contributed by atoms with E-state index in [0.29, 0.717) is 25.3 Å². The van der Waals surface area contributed by atoms with Gasteiger partial charge >= 0.3 is 0 Å². The number of hydrogen-bond acceptors (Lipinski definition) is 5. The number of piperidine rings is 1. The van der Waals surface area contributed by atoms with Gasteiger partial charge < -0.3 is 9.64 Å². The lowest BCUT2D eigenvalue weighted by molar-refractivity contribution is -0.0968. The lowest BCUT2D eigenvalue weighted by Gasteiger charge is -2.44. The van der Waals surface area contributed by atoms with Gasteiger partial charge in [0.05, 0.1) is 23.6 Å². The van der Waals surface area contributed by atoms with Gasteiger partial charge in [0.25, 0.3) is 5.91 Å². The van der Waals surface area contributed by atoms with Gasteiger partial charge in [0.2, 0.25) is 0 Å². The maximum absolute atomic E-state index is 13.3. The summed E-state index contributed by atoms with van der Waals surface area (Å²) in [5.74, 6) is 0.793. The molecular weight excluding hydrogens is 366 g/mol. The Balaban J connectivity index is 1.39. The number of likely N-dealkylation sites (tertiary alicyclic amines) is 1. The Morgan fingerprint density at radius 1 is 1.17 bits per heavy atom. The van der Waals surface area contributed by atoms with Crippen molar-refractivity contribution in [3.8, 4) is 5.69 Å². The molecule has 0 unspecified atom stereocenters. The summed E-state index contributed by atoms with van der Waals surface area (Å²) in [4.78, 5) is 24.3. The molecule has 29 heavy (non-hydrogen) atoms. The molecule has 0 saturated carbocycles. The molecule has 148 valence electrons. The fraction of sp³-hybridized carbons (Fsp3) is 0.364. The van der Waals surface area contributed by atoms with Crippen molar-refractivity contribution in [2.24, 2.45) is 0 Å². The molecule has 0 radical (unpaired) electrons. The summed E-state index contributed by atoms with van der Waals surface area (Å²) in [6.07, 6.45) is 7.83. The zero-order valence-electron chi connectivity index (χ0n) is 16.4. The van der Waals surface area contributed by atoms with Crippen LogP contribution in [-0.2, 0) is 16.8 Å². The van der Waals surface area contributed by atoms with Crippen LogP contribution in [0.1, 0.15) is 40.3 Å². The van der Waals surface area contributed by atoms with Crippen LogP contribution in [-0.4, -0.2) is 50.3 Å². The summed E-state index contributed by atoms with van der Waals surface area (Å²) >= 11 is 0. The number of benzene rings is 1. The van der Waals surface area contributed by atoms with E-state index in [0.717, 1.165) is 36.5 Å². The first kappa shape index (κ1) is 18.0. The third-order valence-electron chi connectivity index (χ3n) is 5.91. The number of carbonyl (C=O) groups excluding carboxylic acids is 1. The van der Waals surface area contributed by atoms with Crippen molar-refractivity contribution in [3.63, 3.8) is 0 Å². The molecule has 0 bridgehead atoms. The van der Waals surface area contributed by atoms with Gasteiger partial charge in [0.1, 0.15) is 11.4 Å². The highest BCUT2D eigenvalue weighted by atomic mass is 16.5. The summed E-state index contributed by atoms with van der Waals surface area (Å²) in [6.45, 7) is 3.85. The third-order valence-corrected chi connectivity index (χ3v) is 5.91. The minimum absolute atomic E-state index is 0.0286. The SMILES string of the molecule is Cc1ncc2c(n1)C1(CCN(C(=O)c3ccccc3-n3cccn3)CC1)OCC2. The van der Waals surface area contributed by atoms with E-state index in [1.807, 2.05) is 54.5 Å². The minimum atomic E-state index is -0.403. The Morgan fingerprint density at radius 3 is 2.79 bits per heavy atom. The first-order chi connectivity index (χ1) is 14.2. The van der Waals surface area contributed by atoms with Gasteiger partial charge in [0.15, 0.2) is 0 Å². The van der Waals surface area contributed by atoms with E-state index in [4.69, 9.17) is 9.72 Å². The number of hydrogen-bond donors (Lipinski definition) is 0. The predicted octanol–water partition coefficient (Wildman–Crippen LogP) is 2.67. The van der Waals surface area contributed by atoms with E-state index >= 15 is 0 Å². The lowest BCUT2D eigenvalue weighted by atomic mass is 9.83. The van der Waals surface area contributed by atoms with Crippen molar-refractivity contribution < 1.29 is 9.53 Å². The van der Waals surface area contributed by atoms with Gasteiger partial charge in [-0.2, -0.15) is 5.10 Å². The molecule has 1 spiro atoms. The molecule has 2 aromatic heterocycles. The molecular formula is C22H23N5O2. The summed E-state index contributed by atoms with van der Waals surface area (Å²) in [6, 6.07) is 9.46. The molecule has 7 heteroatoms. The Hall–Kier alpha value is -3.06. The standard InChI is InChI=1S/C22H23N5O2/c1-16-23-15-17-7-14-29-22(20(17)25-16)8-12-26(13-9-22)21(28)18-5-2-3-6-19(18)27-11-4-10-24-27/h2-6,10-11,15H,7-9,12-14H2,1H3. The summed E-state index contributed by atoms with van der Waals surface area (Å²) in [5.41, 5.74) is 3.24. The third kappa shape index (κ3) is 3.11. The first-order valence-electron chi connectivity index (χ1n) is 10.0. The molecule has 5 rings (SSSR count). The summed E-state index contributed by atoms with van der Waals surface area (Å²) < 4.78 is 8.00. The van der Waals surface area contributed by atoms with E-state index in [9.17, 15) is 4.79 Å². The van der Waals surface area contributed by atoms with E-state index in [-0.39, 0.29) is 5.91 Å². The predicted molar refractivity (Wildman–Crippen MR) is 107 cm³/mol. The monoisotopic (exact) mass is 389 g/mol. The number of rotatable bonds is 2. The number of amides is 1. The van der Waals surface area contributed by atoms with Crippen molar-refractivity contribution in [3.05, 3.63) is 71.6 Å². The minimum Gasteiger partial charge on any atom is -0.368 e. The zero-order valence-corrected chi connectivity index (χ0v) is 16.4. The van der Waals surface area contributed by atoms with Crippen LogP contribution in [0, 0.1) is 6.92 Å². The van der Waals surface area contributed by atoms with Gasteiger partial charge in [-0.1, -0.05) is 12.1 Å². The van der Waals surface area contributed by atoms with Crippen LogP contribution in [0.5, 0.6) is 0 Å². The molecule has 2 aliphatic rings. The molecule has 3 aromatic rings. The Bertz CT molecular complexity index is 1040. The van der Waals surface area contributed by atoms with Gasteiger partial charge in [0, 0.05) is 31.7 Å². The maximum atomic E-state index is 13.3. The topological polar surface area (TPSA) is 73.1 Å².